The summed E-state index contributed by atoms with van der Waals surface area (Å²) in [4.78, 5) is 1.28. The largest absolute Gasteiger partial charge is 0.374 e. The Labute approximate surface area is 89.1 Å². The standard InChI is InChI=1S/C11H17NOS/c12-11(5-1-2-6-11)9-13-8-10-4-3-7-14-10/h3-4,7H,1-2,5-6,8-9,12H2. The zero-order valence-corrected chi connectivity index (χ0v) is 9.19. The van der Waals surface area contributed by atoms with Crippen molar-refractivity contribution in [3.8, 4) is 0 Å². The molecule has 78 valence electrons. The summed E-state index contributed by atoms with van der Waals surface area (Å²) in [6.07, 6.45) is 4.77. The Kier molecular flexibility index (Phi) is 3.21. The molecule has 3 heteroatoms. The van der Waals surface area contributed by atoms with Crippen molar-refractivity contribution >= 4 is 11.3 Å². The Bertz CT molecular complexity index is 265. The van der Waals surface area contributed by atoms with Crippen LogP contribution in [0.15, 0.2) is 17.5 Å². The normalized spacial score (nSPS) is 20.1. The first-order valence-electron chi connectivity index (χ1n) is 5.18. The molecule has 0 spiro atoms. The lowest BCUT2D eigenvalue weighted by Crippen LogP contribution is -2.41. The van der Waals surface area contributed by atoms with Crippen molar-refractivity contribution in [1.29, 1.82) is 0 Å². The van der Waals surface area contributed by atoms with Gasteiger partial charge < -0.3 is 10.5 Å². The van der Waals surface area contributed by atoms with E-state index in [4.69, 9.17) is 10.5 Å². The Hall–Kier alpha value is -0.380. The van der Waals surface area contributed by atoms with E-state index in [9.17, 15) is 0 Å². The van der Waals surface area contributed by atoms with Gasteiger partial charge in [-0.3, -0.25) is 0 Å². The molecular formula is C11H17NOS. The van der Waals surface area contributed by atoms with Gasteiger partial charge in [0.25, 0.3) is 0 Å². The van der Waals surface area contributed by atoms with Gasteiger partial charge in [0, 0.05) is 10.4 Å². The van der Waals surface area contributed by atoms with Crippen LogP contribution in [0.25, 0.3) is 0 Å². The minimum atomic E-state index is -0.0305. The molecule has 1 aliphatic rings. The first-order valence-corrected chi connectivity index (χ1v) is 6.06. The molecule has 2 nitrogen and oxygen atoms in total. The fourth-order valence-corrected chi connectivity index (χ4v) is 2.61. The Balaban J connectivity index is 1.72. The lowest BCUT2D eigenvalue weighted by atomic mass is 10.0. The molecule has 0 bridgehead atoms. The summed E-state index contributed by atoms with van der Waals surface area (Å²) >= 11 is 1.74. The number of nitrogens with two attached hydrogens (primary N) is 1. The highest BCUT2D eigenvalue weighted by Gasteiger charge is 2.29. The van der Waals surface area contributed by atoms with Crippen LogP contribution in [0, 0.1) is 0 Å². The maximum absolute atomic E-state index is 6.18. The molecule has 1 aromatic rings. The fourth-order valence-electron chi connectivity index (χ4n) is 1.97. The topological polar surface area (TPSA) is 35.2 Å². The van der Waals surface area contributed by atoms with Crippen molar-refractivity contribution in [2.45, 2.75) is 37.8 Å². The average molecular weight is 211 g/mol. The Morgan fingerprint density at radius 1 is 1.43 bits per heavy atom. The minimum absolute atomic E-state index is 0.0305. The first kappa shape index (κ1) is 10.1. The molecule has 2 rings (SSSR count). The van der Waals surface area contributed by atoms with E-state index in [2.05, 4.69) is 17.5 Å². The number of thiophene rings is 1. The van der Waals surface area contributed by atoms with Gasteiger partial charge in [-0.05, 0) is 24.3 Å². The SMILES string of the molecule is NC1(COCc2cccs2)CCCC1. The summed E-state index contributed by atoms with van der Waals surface area (Å²) in [6.45, 7) is 1.43. The van der Waals surface area contributed by atoms with Gasteiger partial charge in [-0.2, -0.15) is 0 Å². The highest BCUT2D eigenvalue weighted by atomic mass is 32.1. The van der Waals surface area contributed by atoms with E-state index in [0.717, 1.165) is 19.4 Å². The third-order valence-electron chi connectivity index (χ3n) is 2.81. The highest BCUT2D eigenvalue weighted by Crippen LogP contribution is 2.27. The Morgan fingerprint density at radius 2 is 2.21 bits per heavy atom. The molecule has 1 aliphatic carbocycles. The predicted molar refractivity (Wildman–Crippen MR) is 59.4 cm³/mol. The summed E-state index contributed by atoms with van der Waals surface area (Å²) < 4.78 is 5.65. The van der Waals surface area contributed by atoms with E-state index in [1.165, 1.54) is 17.7 Å². The summed E-state index contributed by atoms with van der Waals surface area (Å²) in [5, 5.41) is 2.08. The second-order valence-electron chi connectivity index (χ2n) is 4.14. The van der Waals surface area contributed by atoms with Crippen molar-refractivity contribution in [3.63, 3.8) is 0 Å². The second kappa shape index (κ2) is 4.43. The first-order chi connectivity index (χ1) is 6.79. The highest BCUT2D eigenvalue weighted by molar-refractivity contribution is 7.09. The van der Waals surface area contributed by atoms with Crippen LogP contribution in [0.5, 0.6) is 0 Å². The van der Waals surface area contributed by atoms with Crippen molar-refractivity contribution in [2.24, 2.45) is 5.73 Å². The van der Waals surface area contributed by atoms with Gasteiger partial charge in [-0.1, -0.05) is 18.9 Å². The van der Waals surface area contributed by atoms with Gasteiger partial charge in [-0.15, -0.1) is 11.3 Å². The Morgan fingerprint density at radius 3 is 2.86 bits per heavy atom. The maximum Gasteiger partial charge on any atom is 0.0810 e. The van der Waals surface area contributed by atoms with Crippen LogP contribution in [0.1, 0.15) is 30.6 Å². The maximum atomic E-state index is 6.18. The molecule has 0 atom stereocenters. The van der Waals surface area contributed by atoms with E-state index in [1.807, 2.05) is 0 Å². The van der Waals surface area contributed by atoms with Crippen molar-refractivity contribution < 1.29 is 4.74 Å². The quantitative estimate of drug-likeness (QED) is 0.830. The zero-order chi connectivity index (χ0) is 9.86. The summed E-state index contributed by atoms with van der Waals surface area (Å²) in [5.41, 5.74) is 6.15. The molecule has 0 unspecified atom stereocenters. The number of hydrogen-bond acceptors (Lipinski definition) is 3. The van der Waals surface area contributed by atoms with Crippen molar-refractivity contribution in [2.75, 3.05) is 6.61 Å². The van der Waals surface area contributed by atoms with Gasteiger partial charge in [0.15, 0.2) is 0 Å². The summed E-state index contributed by atoms with van der Waals surface area (Å²) in [6, 6.07) is 4.15. The van der Waals surface area contributed by atoms with Crippen LogP contribution in [0.2, 0.25) is 0 Å². The second-order valence-corrected chi connectivity index (χ2v) is 5.17. The van der Waals surface area contributed by atoms with Gasteiger partial charge >= 0.3 is 0 Å². The molecular weight excluding hydrogens is 194 g/mol. The lowest BCUT2D eigenvalue weighted by molar-refractivity contribution is 0.0767. The number of hydrogen-bond donors (Lipinski definition) is 1. The van der Waals surface area contributed by atoms with Gasteiger partial charge in [0.1, 0.15) is 0 Å². The van der Waals surface area contributed by atoms with Crippen LogP contribution < -0.4 is 5.73 Å². The number of rotatable bonds is 4. The molecule has 0 radical (unpaired) electrons. The summed E-state index contributed by atoms with van der Waals surface area (Å²) in [7, 11) is 0. The molecule has 2 N–H and O–H groups in total. The van der Waals surface area contributed by atoms with E-state index in [-0.39, 0.29) is 5.54 Å². The van der Waals surface area contributed by atoms with E-state index in [0.29, 0.717) is 6.61 Å². The van der Waals surface area contributed by atoms with Crippen LogP contribution in [-0.4, -0.2) is 12.1 Å². The average Bonchev–Trinajstić information content (AvgIpc) is 2.77. The zero-order valence-electron chi connectivity index (χ0n) is 8.37. The van der Waals surface area contributed by atoms with Crippen LogP contribution in [0.4, 0.5) is 0 Å². The predicted octanol–water partition coefficient (Wildman–Crippen LogP) is 2.54. The van der Waals surface area contributed by atoms with Gasteiger partial charge in [0.2, 0.25) is 0 Å². The van der Waals surface area contributed by atoms with Gasteiger partial charge in [0.05, 0.1) is 13.2 Å². The van der Waals surface area contributed by atoms with Crippen LogP contribution >= 0.6 is 11.3 Å². The molecule has 14 heavy (non-hydrogen) atoms. The molecule has 1 saturated carbocycles. The molecule has 0 aromatic carbocycles. The monoisotopic (exact) mass is 211 g/mol. The molecule has 0 aliphatic heterocycles. The number of ether oxygens (including phenoxy) is 1. The fraction of sp³-hybridized carbons (Fsp3) is 0.636. The summed E-state index contributed by atoms with van der Waals surface area (Å²) in [5.74, 6) is 0. The molecule has 1 heterocycles. The van der Waals surface area contributed by atoms with Crippen LogP contribution in [-0.2, 0) is 11.3 Å². The molecule has 1 aromatic heterocycles. The van der Waals surface area contributed by atoms with Crippen molar-refractivity contribution in [1.82, 2.24) is 0 Å². The van der Waals surface area contributed by atoms with E-state index < -0.39 is 0 Å². The van der Waals surface area contributed by atoms with E-state index in [1.54, 1.807) is 11.3 Å². The lowest BCUT2D eigenvalue weighted by Gasteiger charge is -2.22. The third kappa shape index (κ3) is 2.56. The minimum Gasteiger partial charge on any atom is -0.374 e. The third-order valence-corrected chi connectivity index (χ3v) is 3.66. The van der Waals surface area contributed by atoms with Crippen LogP contribution in [0.3, 0.4) is 0 Å². The van der Waals surface area contributed by atoms with Crippen molar-refractivity contribution in [3.05, 3.63) is 22.4 Å². The molecule has 1 fully saturated rings. The van der Waals surface area contributed by atoms with E-state index >= 15 is 0 Å². The molecule has 0 amide bonds. The van der Waals surface area contributed by atoms with Gasteiger partial charge in [-0.25, -0.2) is 0 Å². The smallest absolute Gasteiger partial charge is 0.0810 e. The molecule has 0 saturated heterocycles.